The van der Waals surface area contributed by atoms with Crippen LogP contribution in [0.2, 0.25) is 0 Å². The van der Waals surface area contributed by atoms with Gasteiger partial charge in [0, 0.05) is 26.4 Å². The van der Waals surface area contributed by atoms with Crippen LogP contribution < -0.4 is 9.47 Å². The van der Waals surface area contributed by atoms with Gasteiger partial charge in [0.05, 0.1) is 5.41 Å². The van der Waals surface area contributed by atoms with Gasteiger partial charge in [0.15, 0.2) is 11.5 Å². The van der Waals surface area contributed by atoms with Crippen LogP contribution in [0.4, 0.5) is 0 Å². The fourth-order valence-corrected chi connectivity index (χ4v) is 5.67. The van der Waals surface area contributed by atoms with Crippen molar-refractivity contribution >= 4 is 11.9 Å². The minimum atomic E-state index is -0.498. The molecule has 0 aromatic heterocycles. The lowest BCUT2D eigenvalue weighted by molar-refractivity contribution is -0.180. The maximum absolute atomic E-state index is 12.0. The molecule has 7 nitrogen and oxygen atoms in total. The van der Waals surface area contributed by atoms with E-state index in [-0.39, 0.29) is 24.8 Å². The van der Waals surface area contributed by atoms with E-state index in [0.29, 0.717) is 6.42 Å². The monoisotopic (exact) mass is 373 g/mol. The first-order valence-electron chi connectivity index (χ1n) is 9.50. The summed E-state index contributed by atoms with van der Waals surface area (Å²) in [6.07, 6.45) is 1.53. The van der Waals surface area contributed by atoms with E-state index in [4.69, 9.17) is 18.9 Å². The van der Waals surface area contributed by atoms with Crippen molar-refractivity contribution in [1.82, 2.24) is 4.90 Å². The predicted octanol–water partition coefficient (Wildman–Crippen LogP) is 1.90. The Labute approximate surface area is 157 Å². The molecule has 1 saturated heterocycles. The first-order valence-corrected chi connectivity index (χ1v) is 9.50. The average molecular weight is 373 g/mol. The van der Waals surface area contributed by atoms with Crippen LogP contribution in [0, 0.1) is 0 Å². The summed E-state index contributed by atoms with van der Waals surface area (Å²) < 4.78 is 22.7. The van der Waals surface area contributed by atoms with Crippen molar-refractivity contribution in [2.45, 2.75) is 63.3 Å². The van der Waals surface area contributed by atoms with E-state index in [1.807, 2.05) is 6.07 Å². The molecule has 144 valence electrons. The largest absolute Gasteiger partial charge is 0.459 e. The smallest absolute Gasteiger partial charge is 0.303 e. The minimum absolute atomic E-state index is 0.224. The Hall–Kier alpha value is -2.28. The third-order valence-corrected chi connectivity index (χ3v) is 6.50. The Morgan fingerprint density at radius 3 is 2.59 bits per heavy atom. The fourth-order valence-electron chi connectivity index (χ4n) is 5.67. The van der Waals surface area contributed by atoms with E-state index in [2.05, 4.69) is 11.0 Å². The second kappa shape index (κ2) is 5.86. The van der Waals surface area contributed by atoms with Gasteiger partial charge in [-0.15, -0.1) is 0 Å². The van der Waals surface area contributed by atoms with E-state index >= 15 is 0 Å². The van der Waals surface area contributed by atoms with Crippen molar-refractivity contribution in [2.24, 2.45) is 0 Å². The van der Waals surface area contributed by atoms with Gasteiger partial charge in [-0.3, -0.25) is 14.5 Å². The Morgan fingerprint density at radius 1 is 1.11 bits per heavy atom. The highest BCUT2D eigenvalue weighted by Crippen LogP contribution is 2.56. The van der Waals surface area contributed by atoms with Crippen molar-refractivity contribution in [3.05, 3.63) is 23.3 Å². The molecule has 5 rings (SSSR count). The van der Waals surface area contributed by atoms with E-state index < -0.39 is 17.6 Å². The molecule has 2 bridgehead atoms. The summed E-state index contributed by atoms with van der Waals surface area (Å²) in [5.74, 6) is 0.807. The summed E-state index contributed by atoms with van der Waals surface area (Å²) in [6, 6.07) is 4.37. The number of rotatable bonds is 2. The number of hydrogen-bond acceptors (Lipinski definition) is 7. The van der Waals surface area contributed by atoms with Crippen molar-refractivity contribution in [2.75, 3.05) is 13.3 Å². The third-order valence-electron chi connectivity index (χ3n) is 6.50. The van der Waals surface area contributed by atoms with Crippen LogP contribution in [0.25, 0.3) is 0 Å². The van der Waals surface area contributed by atoms with Crippen LogP contribution in [0.1, 0.15) is 44.2 Å². The third kappa shape index (κ3) is 2.37. The van der Waals surface area contributed by atoms with Crippen LogP contribution in [-0.2, 0) is 31.0 Å². The second-order valence-electron chi connectivity index (χ2n) is 7.89. The number of carbonyl (C=O) groups excluding carboxylic acids is 2. The summed E-state index contributed by atoms with van der Waals surface area (Å²) in [5.41, 5.74) is 1.93. The molecule has 0 spiro atoms. The highest BCUT2D eigenvalue weighted by molar-refractivity contribution is 5.68. The molecule has 5 unspecified atom stereocenters. The standard InChI is InChI=1S/C20H23NO6/c1-11(22)26-15-3-4-18-20(19(15)27-12(2)23)5-6-21(18)9-13-7-16-17(8-14(13)20)25-10-24-16/h7-8,15,18-19H,3-6,9-10H2,1-2H3. The van der Waals surface area contributed by atoms with Crippen molar-refractivity contribution in [1.29, 1.82) is 0 Å². The lowest BCUT2D eigenvalue weighted by Crippen LogP contribution is -2.62. The van der Waals surface area contributed by atoms with Gasteiger partial charge in [-0.1, -0.05) is 0 Å². The highest BCUT2D eigenvalue weighted by Gasteiger charge is 2.63. The number of nitrogens with zero attached hydrogens (tertiary/aromatic N) is 1. The van der Waals surface area contributed by atoms with Crippen LogP contribution in [-0.4, -0.2) is 48.4 Å². The van der Waals surface area contributed by atoms with Gasteiger partial charge in [-0.25, -0.2) is 0 Å². The molecule has 3 aliphatic heterocycles. The number of benzene rings is 1. The maximum atomic E-state index is 12.0. The molecule has 5 atom stereocenters. The Bertz CT molecular complexity index is 823. The zero-order valence-corrected chi connectivity index (χ0v) is 15.5. The van der Waals surface area contributed by atoms with Crippen LogP contribution in [0.15, 0.2) is 12.1 Å². The first kappa shape index (κ1) is 16.9. The number of hydrogen-bond donors (Lipinski definition) is 0. The lowest BCUT2D eigenvalue weighted by atomic mass is 9.61. The molecule has 1 aromatic rings. The molecule has 0 radical (unpaired) electrons. The second-order valence-corrected chi connectivity index (χ2v) is 7.89. The Morgan fingerprint density at radius 2 is 1.85 bits per heavy atom. The van der Waals surface area contributed by atoms with E-state index in [9.17, 15) is 9.59 Å². The van der Waals surface area contributed by atoms with Gasteiger partial charge in [-0.05, 0) is 49.1 Å². The topological polar surface area (TPSA) is 74.3 Å². The molecule has 1 saturated carbocycles. The fraction of sp³-hybridized carbons (Fsp3) is 0.600. The number of ether oxygens (including phenoxy) is 4. The maximum Gasteiger partial charge on any atom is 0.303 e. The average Bonchev–Trinajstić information content (AvgIpc) is 3.17. The number of carbonyl (C=O) groups is 2. The molecule has 27 heavy (non-hydrogen) atoms. The van der Waals surface area contributed by atoms with Gasteiger partial charge in [0.2, 0.25) is 6.79 Å². The molecule has 1 aromatic carbocycles. The van der Waals surface area contributed by atoms with Crippen LogP contribution in [0.3, 0.4) is 0 Å². The van der Waals surface area contributed by atoms with Gasteiger partial charge >= 0.3 is 11.9 Å². The quantitative estimate of drug-likeness (QED) is 0.733. The van der Waals surface area contributed by atoms with Gasteiger partial charge < -0.3 is 18.9 Å². The molecule has 1 aliphatic carbocycles. The Balaban J connectivity index is 1.66. The zero-order valence-electron chi connectivity index (χ0n) is 15.5. The van der Waals surface area contributed by atoms with Crippen LogP contribution >= 0.6 is 0 Å². The molecule has 0 amide bonds. The van der Waals surface area contributed by atoms with Gasteiger partial charge in [0.1, 0.15) is 12.2 Å². The summed E-state index contributed by atoms with van der Waals surface area (Å²) >= 11 is 0. The van der Waals surface area contributed by atoms with E-state index in [0.717, 1.165) is 43.0 Å². The zero-order chi connectivity index (χ0) is 18.8. The van der Waals surface area contributed by atoms with Crippen molar-refractivity contribution < 1.29 is 28.5 Å². The number of esters is 2. The molecular formula is C20H23NO6. The van der Waals surface area contributed by atoms with E-state index in [1.165, 1.54) is 19.4 Å². The number of fused-ring (bicyclic) bond motifs is 2. The summed E-state index contributed by atoms with van der Waals surface area (Å²) in [5, 5.41) is 0. The van der Waals surface area contributed by atoms with Gasteiger partial charge in [0.25, 0.3) is 0 Å². The normalized spacial score (nSPS) is 35.2. The highest BCUT2D eigenvalue weighted by atomic mass is 16.7. The van der Waals surface area contributed by atoms with Gasteiger partial charge in [-0.2, -0.15) is 0 Å². The predicted molar refractivity (Wildman–Crippen MR) is 93.4 cm³/mol. The van der Waals surface area contributed by atoms with Crippen molar-refractivity contribution in [3.63, 3.8) is 0 Å². The molecule has 0 N–H and O–H groups in total. The first-order chi connectivity index (χ1) is 13.0. The molecule has 4 aliphatic rings. The summed E-state index contributed by atoms with van der Waals surface area (Å²) in [7, 11) is 0. The molecule has 3 heterocycles. The minimum Gasteiger partial charge on any atom is -0.459 e. The molecule has 2 fully saturated rings. The summed E-state index contributed by atoms with van der Waals surface area (Å²) in [6.45, 7) is 4.82. The van der Waals surface area contributed by atoms with Crippen molar-refractivity contribution in [3.8, 4) is 11.5 Å². The SMILES string of the molecule is CC(=O)OC1CCC2N3CCC2(c2cc4c(cc2C3)OCO4)C1OC(C)=O. The molecule has 7 heteroatoms. The van der Waals surface area contributed by atoms with E-state index in [1.54, 1.807) is 0 Å². The summed E-state index contributed by atoms with van der Waals surface area (Å²) in [4.78, 5) is 26.1. The Kier molecular flexibility index (Phi) is 3.66. The lowest BCUT2D eigenvalue weighted by Gasteiger charge is -2.52. The molecular weight excluding hydrogens is 350 g/mol. The van der Waals surface area contributed by atoms with Crippen LogP contribution in [0.5, 0.6) is 11.5 Å².